The molecule has 9 rings (SSSR count). The lowest BCUT2D eigenvalue weighted by atomic mass is 10.0. The molecule has 3 atom stereocenters. The number of nitrogens with one attached hydrogen (secondary N) is 3. The van der Waals surface area contributed by atoms with Crippen molar-refractivity contribution in [1.82, 2.24) is 25.3 Å². The number of benzene rings is 4. The molecule has 0 bridgehead atoms. The van der Waals surface area contributed by atoms with Crippen LogP contribution in [0, 0.1) is 0 Å². The van der Waals surface area contributed by atoms with Gasteiger partial charge < -0.3 is 49.4 Å². The van der Waals surface area contributed by atoms with Crippen molar-refractivity contribution in [3.63, 3.8) is 0 Å². The molecule has 418 valence electrons. The number of imide groups is 1. The van der Waals surface area contributed by atoms with Crippen LogP contribution in [-0.2, 0) is 24.0 Å². The van der Waals surface area contributed by atoms with Crippen LogP contribution < -0.4 is 39.6 Å². The van der Waals surface area contributed by atoms with E-state index in [2.05, 4.69) is 29.8 Å². The van der Waals surface area contributed by atoms with Crippen LogP contribution in [0.25, 0.3) is 11.1 Å². The molecule has 0 spiro atoms. The normalized spacial score (nSPS) is 16.9. The zero-order valence-electron chi connectivity index (χ0n) is 45.7. The highest BCUT2D eigenvalue weighted by Crippen LogP contribution is 2.42. The van der Waals surface area contributed by atoms with Crippen LogP contribution in [0.3, 0.4) is 0 Å². The second kappa shape index (κ2) is 26.5. The van der Waals surface area contributed by atoms with Gasteiger partial charge in [-0.3, -0.25) is 48.4 Å². The van der Waals surface area contributed by atoms with Gasteiger partial charge in [-0.15, -0.1) is 0 Å². The van der Waals surface area contributed by atoms with Crippen molar-refractivity contribution >= 4 is 82.0 Å². The number of carbonyl (C=O) groups excluding carboxylic acids is 7. The maximum atomic E-state index is 14.1. The van der Waals surface area contributed by atoms with Gasteiger partial charge in [0.05, 0.1) is 75.7 Å². The average Bonchev–Trinajstić information content (AvgIpc) is 4.24. The monoisotopic (exact) mass is 1090 g/mol. The van der Waals surface area contributed by atoms with E-state index in [4.69, 9.17) is 33.7 Å². The summed E-state index contributed by atoms with van der Waals surface area (Å²) in [6, 6.07) is 20.1. The lowest BCUT2D eigenvalue weighted by Gasteiger charge is -2.19. The van der Waals surface area contributed by atoms with Crippen LogP contribution in [0.4, 0.5) is 17.1 Å². The Labute approximate surface area is 464 Å². The minimum Gasteiger partial charge on any atom is -0.497 e. The number of amides is 7. The van der Waals surface area contributed by atoms with Crippen LogP contribution >= 0.6 is 0 Å². The van der Waals surface area contributed by atoms with E-state index in [1.54, 1.807) is 71.9 Å². The molecule has 20 nitrogen and oxygen atoms in total. The number of methoxy groups -OCH3 is 3. The van der Waals surface area contributed by atoms with E-state index in [9.17, 15) is 33.6 Å². The smallest absolute Gasteiger partial charge is 0.260 e. The zero-order valence-corrected chi connectivity index (χ0v) is 45.7. The standard InChI is InChI=1S/C57H58N8O12.C3H8/c1-34(61-52(67)31-60-51(66)9-6-5-7-20-63-53(68)18-19-54(63)69)55(70)62-39-14-10-35(11-15-39)37-23-40-29-58-45-27-49(47(74-3)25-43(45)56(71)64(40)32-37)76-21-8-22-77-50-28-46-44(26-48(50)75-4)57(72)65-33-38(24-41(65)30-59-46)36-12-16-42(73-2)17-13-36;1-3-2/h10-19,25-30,32-34,40-41H,5-9,20-24,31H2,1-4H3,(H,60,66)(H,61,67)(H,62,70);3H2,1-2H3. The first-order chi connectivity index (χ1) is 38.7. The quantitative estimate of drug-likeness (QED) is 0.0502. The van der Waals surface area contributed by atoms with Crippen LogP contribution in [0.15, 0.2) is 107 Å². The van der Waals surface area contributed by atoms with E-state index in [-0.39, 0.29) is 74.3 Å². The Kier molecular flexibility index (Phi) is 18.9. The predicted octanol–water partition coefficient (Wildman–Crippen LogP) is 7.96. The summed E-state index contributed by atoms with van der Waals surface area (Å²) in [5, 5.41) is 7.93. The SMILES string of the molecule is CCC.COc1ccc(C2=CN3C(=O)c4cc(OC)c(OCCCOc5cc6c(cc5OC)C(=O)N5C=C(c7ccc(NC(=O)C(C)NC(=O)CNC(=O)CCCCCN8C(=O)C=CC8=O)cc7)CC5C=N6)cc4N=CC3C2)cc1. The van der Waals surface area contributed by atoms with E-state index in [0.29, 0.717) is 89.7 Å². The van der Waals surface area contributed by atoms with E-state index >= 15 is 0 Å². The minimum atomic E-state index is -0.899. The maximum Gasteiger partial charge on any atom is 0.260 e. The highest BCUT2D eigenvalue weighted by atomic mass is 16.5. The highest BCUT2D eigenvalue weighted by Gasteiger charge is 2.35. The molecule has 80 heavy (non-hydrogen) atoms. The summed E-state index contributed by atoms with van der Waals surface area (Å²) in [5.41, 5.74) is 5.94. The number of fused-ring (bicyclic) bond motifs is 4. The Balaban J connectivity index is 0.00000274. The van der Waals surface area contributed by atoms with Crippen molar-refractivity contribution in [2.24, 2.45) is 9.98 Å². The highest BCUT2D eigenvalue weighted by molar-refractivity contribution is 6.13. The largest absolute Gasteiger partial charge is 0.497 e. The molecule has 3 N–H and O–H groups in total. The van der Waals surface area contributed by atoms with E-state index in [0.717, 1.165) is 32.9 Å². The molecule has 5 aliphatic heterocycles. The Morgan fingerprint density at radius 2 is 1.15 bits per heavy atom. The number of ether oxygens (including phenoxy) is 5. The molecule has 20 heteroatoms. The van der Waals surface area contributed by atoms with Crippen LogP contribution in [0.5, 0.6) is 28.7 Å². The number of unbranched alkanes of at least 4 members (excludes halogenated alkanes) is 2. The van der Waals surface area contributed by atoms with E-state index in [1.807, 2.05) is 42.6 Å². The third kappa shape index (κ3) is 13.6. The molecule has 5 aliphatic rings. The van der Waals surface area contributed by atoms with Gasteiger partial charge in [0.15, 0.2) is 23.0 Å². The summed E-state index contributed by atoms with van der Waals surface area (Å²) in [6.45, 7) is 6.27. The zero-order chi connectivity index (χ0) is 56.9. The topological polar surface area (TPSA) is 236 Å². The van der Waals surface area contributed by atoms with Gasteiger partial charge in [-0.05, 0) is 78.4 Å². The molecular weight excluding hydrogens is 1020 g/mol. The number of rotatable bonds is 22. The molecule has 0 aliphatic carbocycles. The van der Waals surface area contributed by atoms with Gasteiger partial charge in [-0.25, -0.2) is 0 Å². The number of anilines is 1. The molecule has 0 saturated carbocycles. The Morgan fingerprint density at radius 1 is 0.637 bits per heavy atom. The molecule has 3 unspecified atom stereocenters. The van der Waals surface area contributed by atoms with Crippen molar-refractivity contribution in [3.05, 3.63) is 120 Å². The molecule has 5 heterocycles. The van der Waals surface area contributed by atoms with Crippen molar-refractivity contribution in [2.45, 2.75) is 90.3 Å². The fourth-order valence-electron chi connectivity index (χ4n) is 9.40. The van der Waals surface area contributed by atoms with Gasteiger partial charge >= 0.3 is 0 Å². The van der Waals surface area contributed by atoms with Crippen LogP contribution in [0.1, 0.15) is 104 Å². The predicted molar refractivity (Wildman–Crippen MR) is 302 cm³/mol. The van der Waals surface area contributed by atoms with Gasteiger partial charge in [-0.2, -0.15) is 0 Å². The van der Waals surface area contributed by atoms with Crippen molar-refractivity contribution in [2.75, 3.05) is 52.9 Å². The molecule has 0 fully saturated rings. The summed E-state index contributed by atoms with van der Waals surface area (Å²) in [4.78, 5) is 103. The van der Waals surface area contributed by atoms with E-state index in [1.165, 1.54) is 39.7 Å². The summed E-state index contributed by atoms with van der Waals surface area (Å²) >= 11 is 0. The first-order valence-electron chi connectivity index (χ1n) is 26.7. The third-order valence-corrected chi connectivity index (χ3v) is 13.6. The summed E-state index contributed by atoms with van der Waals surface area (Å²) < 4.78 is 28.9. The van der Waals surface area contributed by atoms with Gasteiger partial charge in [-0.1, -0.05) is 51.0 Å². The van der Waals surface area contributed by atoms with Gasteiger partial charge in [0, 0.05) is 87.0 Å². The van der Waals surface area contributed by atoms with Crippen molar-refractivity contribution in [3.8, 4) is 28.7 Å². The van der Waals surface area contributed by atoms with Crippen molar-refractivity contribution in [1.29, 1.82) is 0 Å². The van der Waals surface area contributed by atoms with Gasteiger partial charge in [0.25, 0.3) is 23.6 Å². The fourth-order valence-corrected chi connectivity index (χ4v) is 9.40. The number of hydrogen-bond acceptors (Lipinski definition) is 14. The second-order valence-corrected chi connectivity index (χ2v) is 19.5. The number of aliphatic imine (C=N–C) groups is 2. The Morgan fingerprint density at radius 3 is 1.65 bits per heavy atom. The van der Waals surface area contributed by atoms with Gasteiger partial charge in [0.1, 0.15) is 11.8 Å². The summed E-state index contributed by atoms with van der Waals surface area (Å²) in [5.74, 6) is -0.0606. The first-order valence-corrected chi connectivity index (χ1v) is 26.7. The number of nitrogens with zero attached hydrogens (tertiary/aromatic N) is 5. The van der Waals surface area contributed by atoms with E-state index < -0.39 is 17.9 Å². The molecule has 4 aromatic carbocycles. The number of carbonyl (C=O) groups is 7. The molecule has 0 radical (unpaired) electrons. The molecular formula is C60H66N8O12. The Bertz CT molecular complexity index is 3150. The summed E-state index contributed by atoms with van der Waals surface area (Å²) in [6.07, 6.45) is 14.4. The first kappa shape index (κ1) is 57.1. The lowest BCUT2D eigenvalue weighted by Crippen LogP contribution is -2.45. The number of hydrogen-bond donors (Lipinski definition) is 3. The second-order valence-electron chi connectivity index (χ2n) is 19.5. The summed E-state index contributed by atoms with van der Waals surface area (Å²) in [7, 11) is 4.65. The maximum absolute atomic E-state index is 14.1. The third-order valence-electron chi connectivity index (χ3n) is 13.6. The van der Waals surface area contributed by atoms with Crippen LogP contribution in [0.2, 0.25) is 0 Å². The molecule has 0 saturated heterocycles. The minimum absolute atomic E-state index is 0.173. The molecule has 4 aromatic rings. The lowest BCUT2D eigenvalue weighted by molar-refractivity contribution is -0.137. The molecule has 7 amide bonds. The molecule has 0 aromatic heterocycles. The Hall–Kier alpha value is -9.07. The van der Waals surface area contributed by atoms with Gasteiger partial charge in [0.2, 0.25) is 17.7 Å². The van der Waals surface area contributed by atoms with Crippen LogP contribution in [-0.4, -0.2) is 134 Å². The average molecular weight is 1090 g/mol. The van der Waals surface area contributed by atoms with Crippen molar-refractivity contribution < 1.29 is 57.2 Å². The fraction of sp³-hybridized carbons (Fsp3) is 0.350.